The molecule has 0 atom stereocenters. The molecule has 0 aliphatic rings. The van der Waals surface area contributed by atoms with Gasteiger partial charge in [0.05, 0.1) is 11.9 Å². The van der Waals surface area contributed by atoms with E-state index in [1.54, 1.807) is 12.1 Å². The van der Waals surface area contributed by atoms with Gasteiger partial charge in [-0.2, -0.15) is 0 Å². The molecule has 0 fully saturated rings. The van der Waals surface area contributed by atoms with Crippen molar-refractivity contribution < 1.29 is 0 Å². The van der Waals surface area contributed by atoms with Crippen LogP contribution in [0.25, 0.3) is 10.9 Å². The molecule has 1 N–H and O–H groups in total. The molecule has 20 heavy (non-hydrogen) atoms. The summed E-state index contributed by atoms with van der Waals surface area (Å²) < 4.78 is 1.39. The maximum Gasteiger partial charge on any atom is 0.277 e. The summed E-state index contributed by atoms with van der Waals surface area (Å²) in [7, 11) is 0. The van der Waals surface area contributed by atoms with Gasteiger partial charge < -0.3 is 5.32 Å². The standard InChI is InChI=1S/C15H14N4O/c20-15-13-8-4-5-9-14(13)17-18-19(15)11-10-16-12-6-2-1-3-7-12/h1-9,16H,10-11H2. The Balaban J connectivity index is 1.75. The van der Waals surface area contributed by atoms with Crippen molar-refractivity contribution in [3.8, 4) is 0 Å². The van der Waals surface area contributed by atoms with Crippen LogP contribution in [0.4, 0.5) is 5.69 Å². The van der Waals surface area contributed by atoms with Crippen molar-refractivity contribution in [2.24, 2.45) is 0 Å². The molecule has 0 radical (unpaired) electrons. The summed E-state index contributed by atoms with van der Waals surface area (Å²) in [5, 5.41) is 11.8. The van der Waals surface area contributed by atoms with Gasteiger partial charge in [0.15, 0.2) is 0 Å². The van der Waals surface area contributed by atoms with Gasteiger partial charge in [-0.3, -0.25) is 4.79 Å². The minimum Gasteiger partial charge on any atom is -0.383 e. The molecule has 5 nitrogen and oxygen atoms in total. The molecule has 5 heteroatoms. The Bertz CT molecular complexity index is 767. The van der Waals surface area contributed by atoms with Crippen molar-refractivity contribution in [3.63, 3.8) is 0 Å². The van der Waals surface area contributed by atoms with Crippen LogP contribution in [0.1, 0.15) is 0 Å². The zero-order chi connectivity index (χ0) is 13.8. The summed E-state index contributed by atoms with van der Waals surface area (Å²) in [6, 6.07) is 17.1. The van der Waals surface area contributed by atoms with E-state index in [4.69, 9.17) is 0 Å². The highest BCUT2D eigenvalue weighted by molar-refractivity contribution is 5.76. The lowest BCUT2D eigenvalue weighted by molar-refractivity contribution is 0.566. The molecule has 0 unspecified atom stereocenters. The van der Waals surface area contributed by atoms with Crippen molar-refractivity contribution in [1.82, 2.24) is 15.0 Å². The highest BCUT2D eigenvalue weighted by atomic mass is 16.1. The molecular weight excluding hydrogens is 252 g/mol. The zero-order valence-corrected chi connectivity index (χ0v) is 10.9. The summed E-state index contributed by atoms with van der Waals surface area (Å²) in [6.45, 7) is 1.10. The molecule has 100 valence electrons. The van der Waals surface area contributed by atoms with E-state index in [2.05, 4.69) is 15.6 Å². The summed E-state index contributed by atoms with van der Waals surface area (Å²) in [5.74, 6) is 0. The largest absolute Gasteiger partial charge is 0.383 e. The van der Waals surface area contributed by atoms with Crippen molar-refractivity contribution in [3.05, 3.63) is 65.0 Å². The average Bonchev–Trinajstić information content (AvgIpc) is 2.51. The number of nitrogens with zero attached hydrogens (tertiary/aromatic N) is 3. The number of benzene rings is 2. The van der Waals surface area contributed by atoms with Gasteiger partial charge in [0, 0.05) is 12.2 Å². The second-order valence-electron chi connectivity index (χ2n) is 4.43. The molecule has 3 rings (SSSR count). The third kappa shape index (κ3) is 2.51. The van der Waals surface area contributed by atoms with Gasteiger partial charge in [-0.05, 0) is 24.3 Å². The molecule has 0 aliphatic heterocycles. The van der Waals surface area contributed by atoms with E-state index >= 15 is 0 Å². The van der Waals surface area contributed by atoms with E-state index in [9.17, 15) is 4.79 Å². The van der Waals surface area contributed by atoms with Crippen LogP contribution in [-0.2, 0) is 6.54 Å². The summed E-state index contributed by atoms with van der Waals surface area (Å²) >= 11 is 0. The van der Waals surface area contributed by atoms with Crippen LogP contribution >= 0.6 is 0 Å². The van der Waals surface area contributed by atoms with Crippen molar-refractivity contribution >= 4 is 16.6 Å². The number of para-hydroxylation sites is 1. The third-order valence-electron chi connectivity index (χ3n) is 3.06. The van der Waals surface area contributed by atoms with Gasteiger partial charge >= 0.3 is 0 Å². The van der Waals surface area contributed by atoms with Gasteiger partial charge in [0.1, 0.15) is 5.52 Å². The highest BCUT2D eigenvalue weighted by Crippen LogP contribution is 2.05. The normalized spacial score (nSPS) is 10.6. The number of nitrogens with one attached hydrogen (secondary N) is 1. The number of fused-ring (bicyclic) bond motifs is 1. The summed E-state index contributed by atoms with van der Waals surface area (Å²) in [4.78, 5) is 12.2. The van der Waals surface area contributed by atoms with Crippen molar-refractivity contribution in [2.45, 2.75) is 6.54 Å². The Morgan fingerprint density at radius 2 is 1.75 bits per heavy atom. The number of hydrogen-bond donors (Lipinski definition) is 1. The minimum absolute atomic E-state index is 0.106. The van der Waals surface area contributed by atoms with E-state index in [0.717, 1.165) is 5.69 Å². The Hall–Kier alpha value is -2.69. The molecule has 1 aromatic heterocycles. The van der Waals surface area contributed by atoms with Gasteiger partial charge in [-0.15, -0.1) is 5.10 Å². The Morgan fingerprint density at radius 1 is 1.00 bits per heavy atom. The second kappa shape index (κ2) is 5.52. The maximum atomic E-state index is 12.2. The van der Waals surface area contributed by atoms with E-state index in [-0.39, 0.29) is 5.56 Å². The first-order valence-electron chi connectivity index (χ1n) is 6.46. The highest BCUT2D eigenvalue weighted by Gasteiger charge is 2.04. The second-order valence-corrected chi connectivity index (χ2v) is 4.43. The van der Waals surface area contributed by atoms with Gasteiger partial charge in [-0.1, -0.05) is 35.5 Å². The first-order chi connectivity index (χ1) is 9.84. The molecule has 0 bridgehead atoms. The average molecular weight is 266 g/mol. The van der Waals surface area contributed by atoms with E-state index < -0.39 is 0 Å². The summed E-state index contributed by atoms with van der Waals surface area (Å²) in [6.07, 6.45) is 0. The molecule has 2 aromatic carbocycles. The lowest BCUT2D eigenvalue weighted by atomic mass is 10.2. The monoisotopic (exact) mass is 266 g/mol. The SMILES string of the molecule is O=c1c2ccccc2nnn1CCNc1ccccc1. The first-order valence-corrected chi connectivity index (χ1v) is 6.46. The van der Waals surface area contributed by atoms with Crippen LogP contribution in [0.2, 0.25) is 0 Å². The van der Waals surface area contributed by atoms with E-state index in [1.807, 2.05) is 42.5 Å². The lowest BCUT2D eigenvalue weighted by Crippen LogP contribution is -2.27. The molecular formula is C15H14N4O. The topological polar surface area (TPSA) is 59.8 Å². The summed E-state index contributed by atoms with van der Waals surface area (Å²) in [5.41, 5.74) is 1.55. The van der Waals surface area contributed by atoms with Gasteiger partial charge in [-0.25, -0.2) is 4.68 Å². The van der Waals surface area contributed by atoms with Crippen molar-refractivity contribution in [2.75, 3.05) is 11.9 Å². The predicted molar refractivity (Wildman–Crippen MR) is 78.7 cm³/mol. The first kappa shape index (κ1) is 12.3. The fraction of sp³-hybridized carbons (Fsp3) is 0.133. The molecule has 1 heterocycles. The maximum absolute atomic E-state index is 12.2. The van der Waals surface area contributed by atoms with Crippen LogP contribution in [0.5, 0.6) is 0 Å². The number of anilines is 1. The van der Waals surface area contributed by atoms with Gasteiger partial charge in [0.25, 0.3) is 5.56 Å². The lowest BCUT2D eigenvalue weighted by Gasteiger charge is -2.07. The van der Waals surface area contributed by atoms with Crippen LogP contribution in [0, 0.1) is 0 Å². The molecule has 0 spiro atoms. The Kier molecular flexibility index (Phi) is 3.41. The molecule has 0 saturated carbocycles. The predicted octanol–water partition coefficient (Wildman–Crippen LogP) is 1.90. The third-order valence-corrected chi connectivity index (χ3v) is 3.06. The van der Waals surface area contributed by atoms with Crippen LogP contribution < -0.4 is 10.9 Å². The minimum atomic E-state index is -0.106. The van der Waals surface area contributed by atoms with Gasteiger partial charge in [0.2, 0.25) is 0 Å². The number of rotatable bonds is 4. The Morgan fingerprint density at radius 3 is 2.60 bits per heavy atom. The zero-order valence-electron chi connectivity index (χ0n) is 10.9. The molecule has 0 aliphatic carbocycles. The quantitative estimate of drug-likeness (QED) is 0.783. The number of aromatic nitrogens is 3. The fourth-order valence-corrected chi connectivity index (χ4v) is 2.03. The smallest absolute Gasteiger partial charge is 0.277 e. The van der Waals surface area contributed by atoms with Crippen LogP contribution in [-0.4, -0.2) is 21.5 Å². The molecule has 0 amide bonds. The Labute approximate surface area is 115 Å². The van der Waals surface area contributed by atoms with Crippen LogP contribution in [0.15, 0.2) is 59.4 Å². The number of hydrogen-bond acceptors (Lipinski definition) is 4. The molecule has 0 saturated heterocycles. The van der Waals surface area contributed by atoms with E-state index in [1.165, 1.54) is 4.68 Å². The van der Waals surface area contributed by atoms with E-state index in [0.29, 0.717) is 24.0 Å². The van der Waals surface area contributed by atoms with Crippen LogP contribution in [0.3, 0.4) is 0 Å². The fourth-order valence-electron chi connectivity index (χ4n) is 2.03. The molecule has 3 aromatic rings. The van der Waals surface area contributed by atoms with Crippen molar-refractivity contribution in [1.29, 1.82) is 0 Å².